The Bertz CT molecular complexity index is 1800. The van der Waals surface area contributed by atoms with Crippen molar-refractivity contribution in [1.29, 1.82) is 0 Å². The average molecular weight is 685 g/mol. The normalized spacial score (nSPS) is 14.7. The molecular weight excluding hydrogens is 645 g/mol. The zero-order chi connectivity index (χ0) is 34.6. The first-order valence-electron chi connectivity index (χ1n) is 15.6. The number of carbonyl (C=O) groups excluding carboxylic acids is 1. The minimum atomic E-state index is -4.61. The van der Waals surface area contributed by atoms with Gasteiger partial charge in [-0.3, -0.25) is 4.79 Å². The van der Waals surface area contributed by atoms with E-state index < -0.39 is 38.7 Å². The Morgan fingerprint density at radius 1 is 1.00 bits per heavy atom. The number of hydrogen-bond acceptors (Lipinski definition) is 6. The molecule has 1 aliphatic rings. The van der Waals surface area contributed by atoms with Gasteiger partial charge in [-0.25, -0.2) is 13.1 Å². The monoisotopic (exact) mass is 684 g/mol. The van der Waals surface area contributed by atoms with Crippen LogP contribution in [0.5, 0.6) is 11.5 Å². The van der Waals surface area contributed by atoms with Gasteiger partial charge < -0.3 is 19.1 Å². The number of alkyl halides is 3. The van der Waals surface area contributed by atoms with Crippen LogP contribution in [0.15, 0.2) is 84.0 Å². The van der Waals surface area contributed by atoms with Gasteiger partial charge in [0.15, 0.2) is 0 Å². The zero-order valence-corrected chi connectivity index (χ0v) is 27.8. The van der Waals surface area contributed by atoms with Gasteiger partial charge in [-0.15, -0.1) is 0 Å². The minimum absolute atomic E-state index is 0.154. The molecule has 12 heteroatoms. The lowest BCUT2D eigenvalue weighted by Crippen LogP contribution is -2.30. The van der Waals surface area contributed by atoms with E-state index in [1.807, 2.05) is 58.9 Å². The average Bonchev–Trinajstić information content (AvgIpc) is 3.69. The summed E-state index contributed by atoms with van der Waals surface area (Å²) in [5.74, 6) is 0.633. The lowest BCUT2D eigenvalue weighted by molar-refractivity contribution is -0.137. The lowest BCUT2D eigenvalue weighted by atomic mass is 9.85. The topological polar surface area (TPSA) is 107 Å². The summed E-state index contributed by atoms with van der Waals surface area (Å²) in [6.45, 7) is 2.38. The standard InChI is InChI=1S/C36H39F3N2O6S/c1-23-32(46-2)19-28(20-33(23)47-3)35(43)29(18-25-16-26-6-4-5-7-27(26)17-25)22-41-15-14-24(21-41)8-13-34(42)40-48(44,45)31-11-9-30(10-12-31)36(37,38)39/h4-7,9-12,14-15,19-21,25,29,35,43H,8,13,16-18,22H2,1-3H3,(H,40,42)/t29-,35+/m0/s1. The maximum atomic E-state index is 12.8. The molecule has 0 fully saturated rings. The summed E-state index contributed by atoms with van der Waals surface area (Å²) < 4.78 is 78.7. The molecule has 0 spiro atoms. The number of aryl methyl sites for hydroxylation is 1. The van der Waals surface area contributed by atoms with Crippen molar-refractivity contribution in [3.63, 3.8) is 0 Å². The number of halogens is 3. The number of sulfonamides is 1. The molecule has 48 heavy (non-hydrogen) atoms. The Morgan fingerprint density at radius 3 is 2.17 bits per heavy atom. The molecule has 0 unspecified atom stereocenters. The largest absolute Gasteiger partial charge is 0.496 e. The number of nitrogens with zero attached hydrogens (tertiary/aromatic N) is 1. The van der Waals surface area contributed by atoms with E-state index in [0.29, 0.717) is 41.7 Å². The number of aromatic nitrogens is 1. The fourth-order valence-corrected chi connectivity index (χ4v) is 7.47. The van der Waals surface area contributed by atoms with Gasteiger partial charge in [-0.05, 0) is 103 Å². The predicted molar refractivity (Wildman–Crippen MR) is 174 cm³/mol. The van der Waals surface area contributed by atoms with Gasteiger partial charge in [-0.1, -0.05) is 24.3 Å². The van der Waals surface area contributed by atoms with Crippen LogP contribution in [-0.2, 0) is 46.8 Å². The van der Waals surface area contributed by atoms with Gasteiger partial charge in [0.05, 0.1) is 30.8 Å². The highest BCUT2D eigenvalue weighted by atomic mass is 32.2. The van der Waals surface area contributed by atoms with E-state index in [1.54, 1.807) is 14.2 Å². The second-order valence-corrected chi connectivity index (χ2v) is 14.0. The summed E-state index contributed by atoms with van der Waals surface area (Å²) in [6.07, 6.45) is 1.00. The van der Waals surface area contributed by atoms with Crippen LogP contribution in [0.2, 0.25) is 0 Å². The highest BCUT2D eigenvalue weighted by Gasteiger charge is 2.32. The van der Waals surface area contributed by atoms with Gasteiger partial charge >= 0.3 is 6.18 Å². The molecule has 3 aromatic carbocycles. The van der Waals surface area contributed by atoms with Crippen LogP contribution in [0.4, 0.5) is 13.2 Å². The second-order valence-electron chi connectivity index (χ2n) is 12.3. The second kappa shape index (κ2) is 14.4. The molecule has 1 aliphatic carbocycles. The quantitative estimate of drug-likeness (QED) is 0.168. The van der Waals surface area contributed by atoms with Crippen LogP contribution in [0.3, 0.4) is 0 Å². The first-order valence-corrected chi connectivity index (χ1v) is 17.1. The summed E-state index contributed by atoms with van der Waals surface area (Å²) in [7, 11) is -1.17. The molecule has 0 radical (unpaired) electrons. The van der Waals surface area contributed by atoms with E-state index in [0.717, 1.165) is 42.5 Å². The third kappa shape index (κ3) is 8.22. The third-order valence-electron chi connectivity index (χ3n) is 8.97. The van der Waals surface area contributed by atoms with Crippen molar-refractivity contribution in [3.05, 3.63) is 113 Å². The van der Waals surface area contributed by atoms with Crippen LogP contribution in [0, 0.1) is 18.8 Å². The van der Waals surface area contributed by atoms with Crippen LogP contribution in [-0.4, -0.2) is 38.2 Å². The number of carbonyl (C=O) groups is 1. The van der Waals surface area contributed by atoms with E-state index in [9.17, 15) is 31.5 Å². The van der Waals surface area contributed by atoms with E-state index in [1.165, 1.54) is 11.1 Å². The molecule has 0 aliphatic heterocycles. The summed E-state index contributed by atoms with van der Waals surface area (Å²) in [6, 6.07) is 16.9. The molecule has 8 nitrogen and oxygen atoms in total. The number of rotatable bonds is 13. The predicted octanol–water partition coefficient (Wildman–Crippen LogP) is 6.43. The molecule has 1 heterocycles. The Labute approximate surface area is 278 Å². The van der Waals surface area contributed by atoms with Crippen LogP contribution in [0.25, 0.3) is 0 Å². The van der Waals surface area contributed by atoms with Gasteiger partial charge in [0.1, 0.15) is 11.5 Å². The SMILES string of the molecule is COc1cc([C@@H](O)[C@@H](CC2Cc3ccccc3C2)Cn2ccc(CCC(=O)NS(=O)(=O)c3ccc(C(F)(F)F)cc3)c2)cc(OC)c1C. The van der Waals surface area contributed by atoms with Gasteiger partial charge in [0, 0.05) is 36.8 Å². The van der Waals surface area contributed by atoms with E-state index in [4.69, 9.17) is 9.47 Å². The highest BCUT2D eigenvalue weighted by molar-refractivity contribution is 7.90. The molecule has 2 atom stereocenters. The van der Waals surface area contributed by atoms with E-state index >= 15 is 0 Å². The van der Waals surface area contributed by atoms with Crippen LogP contribution >= 0.6 is 0 Å². The first kappa shape index (κ1) is 35.0. The van der Waals surface area contributed by atoms with E-state index in [2.05, 4.69) is 12.1 Å². The molecule has 0 saturated carbocycles. The number of nitrogens with one attached hydrogen (secondary N) is 1. The number of aliphatic hydroxyl groups excluding tert-OH is 1. The fourth-order valence-electron chi connectivity index (χ4n) is 6.46. The molecule has 0 saturated heterocycles. The first-order chi connectivity index (χ1) is 22.8. The zero-order valence-electron chi connectivity index (χ0n) is 27.0. The van der Waals surface area contributed by atoms with Crippen LogP contribution < -0.4 is 14.2 Å². The summed E-state index contributed by atoms with van der Waals surface area (Å²) in [5, 5.41) is 11.8. The van der Waals surface area contributed by atoms with Crippen molar-refractivity contribution in [2.45, 2.75) is 62.7 Å². The fraction of sp³-hybridized carbons (Fsp3) is 0.361. The summed E-state index contributed by atoms with van der Waals surface area (Å²) in [4.78, 5) is 12.1. The molecule has 5 rings (SSSR count). The highest BCUT2D eigenvalue weighted by Crippen LogP contribution is 2.39. The Hall–Kier alpha value is -4.29. The molecular formula is C36H39F3N2O6S. The molecule has 1 amide bonds. The number of amides is 1. The Morgan fingerprint density at radius 2 is 1.60 bits per heavy atom. The Kier molecular flexibility index (Phi) is 10.5. The van der Waals surface area contributed by atoms with Crippen molar-refractivity contribution in [2.24, 2.45) is 11.8 Å². The molecule has 256 valence electrons. The lowest BCUT2D eigenvalue weighted by Gasteiger charge is -2.27. The number of ether oxygens (including phenoxy) is 2. The summed E-state index contributed by atoms with van der Waals surface area (Å²) in [5.41, 5.74) is 3.99. The van der Waals surface area contributed by atoms with Gasteiger partial charge in [0.25, 0.3) is 10.0 Å². The third-order valence-corrected chi connectivity index (χ3v) is 10.4. The molecule has 2 N–H and O–H groups in total. The minimum Gasteiger partial charge on any atom is -0.496 e. The molecule has 0 bridgehead atoms. The van der Waals surface area contributed by atoms with Crippen LogP contribution in [0.1, 0.15) is 52.3 Å². The maximum Gasteiger partial charge on any atom is 0.416 e. The van der Waals surface area contributed by atoms with Crippen molar-refractivity contribution in [1.82, 2.24) is 9.29 Å². The number of fused-ring (bicyclic) bond motifs is 1. The van der Waals surface area contributed by atoms with Gasteiger partial charge in [0.2, 0.25) is 5.91 Å². The summed E-state index contributed by atoms with van der Waals surface area (Å²) >= 11 is 0. The Balaban J connectivity index is 1.26. The molecule has 1 aromatic heterocycles. The number of benzene rings is 3. The maximum absolute atomic E-state index is 12.8. The van der Waals surface area contributed by atoms with Gasteiger partial charge in [-0.2, -0.15) is 13.2 Å². The van der Waals surface area contributed by atoms with Crippen molar-refractivity contribution < 1.29 is 41.0 Å². The number of aliphatic hydroxyl groups is 1. The van der Waals surface area contributed by atoms with Crippen molar-refractivity contribution >= 4 is 15.9 Å². The van der Waals surface area contributed by atoms with E-state index in [-0.39, 0.29) is 18.8 Å². The van der Waals surface area contributed by atoms with Crippen molar-refractivity contribution in [3.8, 4) is 11.5 Å². The smallest absolute Gasteiger partial charge is 0.416 e. The van der Waals surface area contributed by atoms with Crippen molar-refractivity contribution in [2.75, 3.05) is 14.2 Å². The molecule has 4 aromatic rings. The number of hydrogen-bond donors (Lipinski definition) is 2. The number of methoxy groups -OCH3 is 2.